The molecule has 0 spiro atoms. The molecule has 0 radical (unpaired) electrons. The Balaban J connectivity index is 1.32. The van der Waals surface area contributed by atoms with Crippen LogP contribution < -0.4 is 5.32 Å². The van der Waals surface area contributed by atoms with Gasteiger partial charge in [0.25, 0.3) is 0 Å². The summed E-state index contributed by atoms with van der Waals surface area (Å²) in [6, 6.07) is 16.2. The summed E-state index contributed by atoms with van der Waals surface area (Å²) in [5, 5.41) is 11.9. The SMILES string of the molecule is CCN(CC(=O)O)C(=O)[C@H]1CC[C@@H](NC(=O)OCC2c3ccccc3-c3ccccc32)C1. The van der Waals surface area contributed by atoms with Gasteiger partial charge in [-0.2, -0.15) is 0 Å². The van der Waals surface area contributed by atoms with Crippen LogP contribution in [0.3, 0.4) is 0 Å². The maximum absolute atomic E-state index is 12.6. The molecule has 2 aromatic rings. The molecule has 4 rings (SSSR count). The van der Waals surface area contributed by atoms with Gasteiger partial charge in [-0.3, -0.25) is 9.59 Å². The van der Waals surface area contributed by atoms with Crippen molar-refractivity contribution in [3.63, 3.8) is 0 Å². The van der Waals surface area contributed by atoms with E-state index in [4.69, 9.17) is 9.84 Å². The molecule has 2 aromatic carbocycles. The second-order valence-electron chi connectivity index (χ2n) is 8.42. The molecule has 0 aromatic heterocycles. The highest BCUT2D eigenvalue weighted by molar-refractivity contribution is 5.83. The molecule has 2 N–H and O–H groups in total. The number of rotatable bonds is 7. The fourth-order valence-electron chi connectivity index (χ4n) is 4.91. The average molecular weight is 437 g/mol. The van der Waals surface area contributed by atoms with Gasteiger partial charge >= 0.3 is 12.1 Å². The molecular formula is C25H28N2O5. The van der Waals surface area contributed by atoms with E-state index in [1.54, 1.807) is 6.92 Å². The van der Waals surface area contributed by atoms with E-state index >= 15 is 0 Å². The maximum atomic E-state index is 12.6. The lowest BCUT2D eigenvalue weighted by Gasteiger charge is -2.22. The summed E-state index contributed by atoms with van der Waals surface area (Å²) >= 11 is 0. The minimum atomic E-state index is -1.02. The van der Waals surface area contributed by atoms with E-state index in [-0.39, 0.29) is 36.9 Å². The van der Waals surface area contributed by atoms with Gasteiger partial charge in [-0.25, -0.2) is 4.79 Å². The number of benzene rings is 2. The number of fused-ring (bicyclic) bond motifs is 3. The van der Waals surface area contributed by atoms with E-state index in [1.165, 1.54) is 16.0 Å². The van der Waals surface area contributed by atoms with Crippen LogP contribution in [0.4, 0.5) is 4.79 Å². The van der Waals surface area contributed by atoms with Crippen LogP contribution in [0.5, 0.6) is 0 Å². The third-order valence-corrected chi connectivity index (χ3v) is 6.47. The van der Waals surface area contributed by atoms with E-state index < -0.39 is 12.1 Å². The summed E-state index contributed by atoms with van der Waals surface area (Å²) < 4.78 is 5.60. The van der Waals surface area contributed by atoms with Gasteiger partial charge in [-0.05, 0) is 48.4 Å². The van der Waals surface area contributed by atoms with Gasteiger partial charge in [-0.1, -0.05) is 48.5 Å². The zero-order valence-electron chi connectivity index (χ0n) is 18.1. The molecule has 7 heteroatoms. The molecule has 1 saturated carbocycles. The molecule has 32 heavy (non-hydrogen) atoms. The van der Waals surface area contributed by atoms with Crippen LogP contribution in [0, 0.1) is 5.92 Å². The highest BCUT2D eigenvalue weighted by Gasteiger charge is 2.34. The van der Waals surface area contributed by atoms with Gasteiger partial charge in [0.1, 0.15) is 13.2 Å². The normalized spacial score (nSPS) is 19.2. The van der Waals surface area contributed by atoms with Gasteiger partial charge in [0, 0.05) is 24.4 Å². The molecule has 1 fully saturated rings. The summed E-state index contributed by atoms with van der Waals surface area (Å²) in [6.07, 6.45) is 1.32. The summed E-state index contributed by atoms with van der Waals surface area (Å²) in [7, 11) is 0. The van der Waals surface area contributed by atoms with Gasteiger partial charge in [0.05, 0.1) is 0 Å². The van der Waals surface area contributed by atoms with Crippen LogP contribution in [-0.2, 0) is 14.3 Å². The summed E-state index contributed by atoms with van der Waals surface area (Å²) in [4.78, 5) is 37.4. The molecule has 2 aliphatic carbocycles. The van der Waals surface area contributed by atoms with Crippen molar-refractivity contribution in [2.45, 2.75) is 38.1 Å². The second-order valence-corrected chi connectivity index (χ2v) is 8.42. The van der Waals surface area contributed by atoms with Gasteiger partial charge in [0.2, 0.25) is 5.91 Å². The fraction of sp³-hybridized carbons (Fsp3) is 0.400. The molecule has 0 unspecified atom stereocenters. The second kappa shape index (κ2) is 9.42. The molecule has 2 amide bonds. The van der Waals surface area contributed by atoms with Crippen LogP contribution >= 0.6 is 0 Å². The van der Waals surface area contributed by atoms with Crippen molar-refractivity contribution in [2.24, 2.45) is 5.92 Å². The molecule has 0 bridgehead atoms. The summed E-state index contributed by atoms with van der Waals surface area (Å²) in [6.45, 7) is 2.07. The Labute approximate surface area is 187 Å². The van der Waals surface area contributed by atoms with E-state index in [1.807, 2.05) is 24.3 Å². The quantitative estimate of drug-likeness (QED) is 0.691. The number of carboxylic acid groups (broad SMARTS) is 1. The number of carboxylic acids is 1. The number of hydrogen-bond acceptors (Lipinski definition) is 4. The lowest BCUT2D eigenvalue weighted by atomic mass is 9.98. The summed E-state index contributed by atoms with van der Waals surface area (Å²) in [5.41, 5.74) is 4.67. The first-order valence-electron chi connectivity index (χ1n) is 11.1. The van der Waals surface area contributed by atoms with Gasteiger partial charge < -0.3 is 20.1 Å². The predicted octanol–water partition coefficient (Wildman–Crippen LogP) is 3.63. The monoisotopic (exact) mass is 436 g/mol. The van der Waals surface area contributed by atoms with E-state index in [9.17, 15) is 14.4 Å². The van der Waals surface area contributed by atoms with E-state index in [0.717, 1.165) is 11.1 Å². The van der Waals surface area contributed by atoms with Crippen LogP contribution in [0.25, 0.3) is 11.1 Å². The molecule has 0 saturated heterocycles. The minimum absolute atomic E-state index is 0.000172. The third kappa shape index (κ3) is 4.47. The smallest absolute Gasteiger partial charge is 0.407 e. The summed E-state index contributed by atoms with van der Waals surface area (Å²) in [5.74, 6) is -1.45. The highest BCUT2D eigenvalue weighted by Crippen LogP contribution is 2.44. The van der Waals surface area contributed by atoms with Crippen LogP contribution in [0.2, 0.25) is 0 Å². The number of nitrogens with one attached hydrogen (secondary N) is 1. The maximum Gasteiger partial charge on any atom is 0.407 e. The molecule has 2 aliphatic rings. The van der Waals surface area contributed by atoms with Crippen molar-refractivity contribution in [2.75, 3.05) is 19.7 Å². The lowest BCUT2D eigenvalue weighted by Crippen LogP contribution is -2.40. The Morgan fingerprint density at radius 2 is 1.66 bits per heavy atom. The van der Waals surface area contributed by atoms with Crippen molar-refractivity contribution in [1.29, 1.82) is 0 Å². The van der Waals surface area contributed by atoms with Crippen LogP contribution in [-0.4, -0.2) is 53.7 Å². The van der Waals surface area contributed by atoms with E-state index in [2.05, 4.69) is 29.6 Å². The first-order valence-corrected chi connectivity index (χ1v) is 11.1. The minimum Gasteiger partial charge on any atom is -0.480 e. The fourth-order valence-corrected chi connectivity index (χ4v) is 4.91. The predicted molar refractivity (Wildman–Crippen MR) is 119 cm³/mol. The number of ether oxygens (including phenoxy) is 1. The van der Waals surface area contributed by atoms with Crippen molar-refractivity contribution in [3.8, 4) is 11.1 Å². The Bertz CT molecular complexity index is 975. The molecule has 0 aliphatic heterocycles. The van der Waals surface area contributed by atoms with Crippen LogP contribution in [0.15, 0.2) is 48.5 Å². The first-order chi connectivity index (χ1) is 15.5. The Hall–Kier alpha value is -3.35. The Morgan fingerprint density at radius 1 is 1.03 bits per heavy atom. The number of nitrogens with zero attached hydrogens (tertiary/aromatic N) is 1. The van der Waals surface area contributed by atoms with Crippen molar-refractivity contribution in [3.05, 3.63) is 59.7 Å². The average Bonchev–Trinajstić information content (AvgIpc) is 3.38. The molecular weight excluding hydrogens is 408 g/mol. The van der Waals surface area contributed by atoms with E-state index in [0.29, 0.717) is 25.8 Å². The van der Waals surface area contributed by atoms with Crippen LogP contribution in [0.1, 0.15) is 43.2 Å². The molecule has 7 nitrogen and oxygen atoms in total. The number of likely N-dealkylation sites (N-methyl/N-ethyl adjacent to an activating group) is 1. The lowest BCUT2D eigenvalue weighted by molar-refractivity contribution is -0.146. The molecule has 168 valence electrons. The standard InChI is InChI=1S/C25H28N2O5/c1-2-27(14-23(28)29)24(30)16-11-12-17(13-16)26-25(31)32-15-22-20-9-5-3-7-18(20)19-8-4-6-10-21(19)22/h3-10,16-17,22H,2,11-15H2,1H3,(H,26,31)(H,28,29)/t16-,17+/m0/s1. The number of carbonyl (C=O) groups is 3. The third-order valence-electron chi connectivity index (χ3n) is 6.47. The zero-order valence-corrected chi connectivity index (χ0v) is 18.1. The first kappa shape index (κ1) is 21.9. The van der Waals surface area contributed by atoms with Crippen molar-refractivity contribution >= 4 is 18.0 Å². The number of hydrogen-bond donors (Lipinski definition) is 2. The van der Waals surface area contributed by atoms with Crippen molar-refractivity contribution < 1.29 is 24.2 Å². The Morgan fingerprint density at radius 3 is 2.25 bits per heavy atom. The number of aliphatic carboxylic acids is 1. The number of alkyl carbamates (subject to hydrolysis) is 1. The number of amides is 2. The zero-order chi connectivity index (χ0) is 22.7. The largest absolute Gasteiger partial charge is 0.480 e. The number of carbonyl (C=O) groups excluding carboxylic acids is 2. The highest BCUT2D eigenvalue weighted by atomic mass is 16.5. The van der Waals surface area contributed by atoms with Crippen molar-refractivity contribution in [1.82, 2.24) is 10.2 Å². The molecule has 2 atom stereocenters. The van der Waals surface area contributed by atoms with Gasteiger partial charge in [0.15, 0.2) is 0 Å². The topological polar surface area (TPSA) is 95.9 Å². The van der Waals surface area contributed by atoms with Gasteiger partial charge in [-0.15, -0.1) is 0 Å². The Kier molecular flexibility index (Phi) is 6.44. The molecule has 0 heterocycles.